The molecule has 0 aromatic heterocycles. The topological polar surface area (TPSA) is 20.3 Å². The smallest absolute Gasteiger partial charge is 0.131 e. The zero-order valence-electron chi connectivity index (χ0n) is 10.4. The van der Waals surface area contributed by atoms with E-state index in [2.05, 4.69) is 43.1 Å². The number of nitrogens with zero attached hydrogens (tertiary/aromatic N) is 1. The molecule has 1 rings (SSSR count). The number of ketones is 1. The van der Waals surface area contributed by atoms with E-state index in [9.17, 15) is 4.79 Å². The minimum Gasteiger partial charge on any atom is -0.303 e. The highest BCUT2D eigenvalue weighted by Gasteiger charge is 2.10. The van der Waals surface area contributed by atoms with Gasteiger partial charge in [-0.05, 0) is 32.9 Å². The molecule has 1 aromatic carbocycles. The first kappa shape index (κ1) is 12.9. The van der Waals surface area contributed by atoms with E-state index in [1.807, 2.05) is 6.07 Å². The highest BCUT2D eigenvalue weighted by molar-refractivity contribution is 5.75. The number of benzene rings is 1. The maximum absolute atomic E-state index is 10.9. The molecule has 0 radical (unpaired) electrons. The standard InChI is InChI=1S/C14H21NO/c1-12(15(3)10-9-13(2)16)11-14-7-5-4-6-8-14/h4-8,12H,9-11H2,1-3H3/t12-/m0/s1. The summed E-state index contributed by atoms with van der Waals surface area (Å²) in [6.07, 6.45) is 1.69. The maximum atomic E-state index is 10.9. The van der Waals surface area contributed by atoms with Crippen LogP contribution in [0.2, 0.25) is 0 Å². The summed E-state index contributed by atoms with van der Waals surface area (Å²) in [6.45, 7) is 4.70. The van der Waals surface area contributed by atoms with E-state index in [-0.39, 0.29) is 5.78 Å². The van der Waals surface area contributed by atoms with Gasteiger partial charge < -0.3 is 4.90 Å². The van der Waals surface area contributed by atoms with E-state index >= 15 is 0 Å². The fourth-order valence-electron chi connectivity index (χ4n) is 1.67. The second kappa shape index (κ2) is 6.44. The minimum atomic E-state index is 0.263. The van der Waals surface area contributed by atoms with Crippen molar-refractivity contribution in [1.82, 2.24) is 4.90 Å². The summed E-state index contributed by atoms with van der Waals surface area (Å²) in [5.74, 6) is 0.263. The summed E-state index contributed by atoms with van der Waals surface area (Å²) in [7, 11) is 2.08. The highest BCUT2D eigenvalue weighted by Crippen LogP contribution is 2.07. The lowest BCUT2D eigenvalue weighted by molar-refractivity contribution is -0.117. The summed E-state index contributed by atoms with van der Waals surface area (Å²) >= 11 is 0. The first-order chi connectivity index (χ1) is 7.59. The zero-order chi connectivity index (χ0) is 12.0. The molecule has 1 aromatic rings. The van der Waals surface area contributed by atoms with Crippen LogP contribution >= 0.6 is 0 Å². The molecule has 16 heavy (non-hydrogen) atoms. The number of carbonyl (C=O) groups is 1. The van der Waals surface area contributed by atoms with Crippen molar-refractivity contribution < 1.29 is 4.79 Å². The van der Waals surface area contributed by atoms with Crippen LogP contribution in [-0.2, 0) is 11.2 Å². The number of carbonyl (C=O) groups excluding carboxylic acids is 1. The molecule has 0 bridgehead atoms. The summed E-state index contributed by atoms with van der Waals surface area (Å²) in [4.78, 5) is 13.1. The molecule has 0 aliphatic heterocycles. The number of hydrogen-bond acceptors (Lipinski definition) is 2. The SMILES string of the molecule is CC(=O)CCN(C)[C@@H](C)Cc1ccccc1. The fourth-order valence-corrected chi connectivity index (χ4v) is 1.67. The lowest BCUT2D eigenvalue weighted by Crippen LogP contribution is -2.32. The zero-order valence-corrected chi connectivity index (χ0v) is 10.4. The Morgan fingerprint density at radius 3 is 2.50 bits per heavy atom. The average molecular weight is 219 g/mol. The van der Waals surface area contributed by atoms with Gasteiger partial charge in [0.2, 0.25) is 0 Å². The first-order valence-corrected chi connectivity index (χ1v) is 5.83. The van der Waals surface area contributed by atoms with Gasteiger partial charge in [0.05, 0.1) is 0 Å². The van der Waals surface area contributed by atoms with E-state index in [1.54, 1.807) is 6.92 Å². The lowest BCUT2D eigenvalue weighted by Gasteiger charge is -2.24. The lowest BCUT2D eigenvalue weighted by atomic mass is 10.1. The van der Waals surface area contributed by atoms with Crippen LogP contribution < -0.4 is 0 Å². The van der Waals surface area contributed by atoms with Crippen LogP contribution in [0.1, 0.15) is 25.8 Å². The van der Waals surface area contributed by atoms with Crippen LogP contribution in [0.25, 0.3) is 0 Å². The Kier molecular flexibility index (Phi) is 5.20. The Morgan fingerprint density at radius 2 is 1.94 bits per heavy atom. The summed E-state index contributed by atoms with van der Waals surface area (Å²) in [5.41, 5.74) is 1.35. The van der Waals surface area contributed by atoms with Gasteiger partial charge in [0.25, 0.3) is 0 Å². The van der Waals surface area contributed by atoms with Crippen LogP contribution in [-0.4, -0.2) is 30.3 Å². The predicted octanol–water partition coefficient (Wildman–Crippen LogP) is 2.53. The summed E-state index contributed by atoms with van der Waals surface area (Å²) < 4.78 is 0. The van der Waals surface area contributed by atoms with Crippen LogP contribution in [0.4, 0.5) is 0 Å². The molecular formula is C14H21NO. The highest BCUT2D eigenvalue weighted by atomic mass is 16.1. The molecule has 0 saturated heterocycles. The molecule has 0 aliphatic carbocycles. The molecular weight excluding hydrogens is 198 g/mol. The normalized spacial score (nSPS) is 12.8. The number of Topliss-reactive ketones (excluding diaryl/α,β-unsaturated/α-hetero) is 1. The molecule has 0 spiro atoms. The molecule has 0 aliphatic rings. The van der Waals surface area contributed by atoms with Crippen molar-refractivity contribution in [3.63, 3.8) is 0 Å². The van der Waals surface area contributed by atoms with Crippen LogP contribution in [0.5, 0.6) is 0 Å². The van der Waals surface area contributed by atoms with Crippen molar-refractivity contribution in [2.24, 2.45) is 0 Å². The molecule has 2 nitrogen and oxygen atoms in total. The van der Waals surface area contributed by atoms with Gasteiger partial charge in [-0.3, -0.25) is 4.79 Å². The van der Waals surface area contributed by atoms with Gasteiger partial charge in [-0.25, -0.2) is 0 Å². The third-order valence-electron chi connectivity index (χ3n) is 2.94. The minimum absolute atomic E-state index is 0.263. The van der Waals surface area contributed by atoms with E-state index in [4.69, 9.17) is 0 Å². The van der Waals surface area contributed by atoms with E-state index in [0.717, 1.165) is 13.0 Å². The van der Waals surface area contributed by atoms with Gasteiger partial charge in [0.1, 0.15) is 5.78 Å². The van der Waals surface area contributed by atoms with Crippen molar-refractivity contribution >= 4 is 5.78 Å². The molecule has 0 amide bonds. The molecule has 0 N–H and O–H groups in total. The maximum Gasteiger partial charge on any atom is 0.131 e. The Hall–Kier alpha value is -1.15. The largest absolute Gasteiger partial charge is 0.303 e. The fraction of sp³-hybridized carbons (Fsp3) is 0.500. The van der Waals surface area contributed by atoms with Gasteiger partial charge in [-0.2, -0.15) is 0 Å². The molecule has 0 unspecified atom stereocenters. The molecule has 0 heterocycles. The van der Waals surface area contributed by atoms with E-state index < -0.39 is 0 Å². The Balaban J connectivity index is 2.39. The molecule has 0 fully saturated rings. The van der Waals surface area contributed by atoms with Gasteiger partial charge >= 0.3 is 0 Å². The second-order valence-corrected chi connectivity index (χ2v) is 4.47. The summed E-state index contributed by atoms with van der Waals surface area (Å²) in [5, 5.41) is 0. The van der Waals surface area contributed by atoms with Gasteiger partial charge in [0, 0.05) is 19.0 Å². The Bertz CT molecular complexity index is 321. The van der Waals surface area contributed by atoms with Crippen molar-refractivity contribution in [3.05, 3.63) is 35.9 Å². The first-order valence-electron chi connectivity index (χ1n) is 5.83. The average Bonchev–Trinajstić information content (AvgIpc) is 2.27. The molecule has 88 valence electrons. The summed E-state index contributed by atoms with van der Waals surface area (Å²) in [6, 6.07) is 10.9. The molecule has 2 heteroatoms. The number of rotatable bonds is 6. The second-order valence-electron chi connectivity index (χ2n) is 4.47. The third kappa shape index (κ3) is 4.58. The Labute approximate surface area is 98.3 Å². The van der Waals surface area contributed by atoms with Crippen molar-refractivity contribution in [2.75, 3.05) is 13.6 Å². The van der Waals surface area contributed by atoms with Crippen molar-refractivity contribution in [2.45, 2.75) is 32.7 Å². The van der Waals surface area contributed by atoms with Crippen molar-refractivity contribution in [3.8, 4) is 0 Å². The third-order valence-corrected chi connectivity index (χ3v) is 2.94. The predicted molar refractivity (Wildman–Crippen MR) is 67.5 cm³/mol. The van der Waals surface area contributed by atoms with Gasteiger partial charge in [-0.15, -0.1) is 0 Å². The van der Waals surface area contributed by atoms with Crippen molar-refractivity contribution in [1.29, 1.82) is 0 Å². The van der Waals surface area contributed by atoms with Crippen LogP contribution in [0, 0.1) is 0 Å². The number of hydrogen-bond donors (Lipinski definition) is 0. The molecule has 0 saturated carbocycles. The monoisotopic (exact) mass is 219 g/mol. The number of likely N-dealkylation sites (N-methyl/N-ethyl adjacent to an activating group) is 1. The van der Waals surface area contributed by atoms with Gasteiger partial charge in [-0.1, -0.05) is 30.3 Å². The van der Waals surface area contributed by atoms with Crippen LogP contribution in [0.15, 0.2) is 30.3 Å². The quantitative estimate of drug-likeness (QED) is 0.732. The molecule has 1 atom stereocenters. The van der Waals surface area contributed by atoms with Crippen LogP contribution in [0.3, 0.4) is 0 Å². The van der Waals surface area contributed by atoms with E-state index in [1.165, 1.54) is 5.56 Å². The Morgan fingerprint density at radius 1 is 1.31 bits per heavy atom. The van der Waals surface area contributed by atoms with E-state index in [0.29, 0.717) is 12.5 Å². The van der Waals surface area contributed by atoms with Gasteiger partial charge in [0.15, 0.2) is 0 Å².